The summed E-state index contributed by atoms with van der Waals surface area (Å²) in [4.78, 5) is 12.4. The number of nitrogens with zero attached hydrogens (tertiary/aromatic N) is 1. The molecular formula is C22H13F4NO3S. The molecule has 4 nitrogen and oxygen atoms in total. The molecule has 31 heavy (non-hydrogen) atoms. The molecule has 0 radical (unpaired) electrons. The maximum Gasteiger partial charge on any atom is 0.337 e. The van der Waals surface area contributed by atoms with Crippen LogP contribution in [-0.2, 0) is 15.9 Å². The molecule has 0 saturated carbocycles. The minimum absolute atomic E-state index is 0.0755. The first-order valence-corrected chi connectivity index (χ1v) is 10.4. The topological polar surface area (TPSA) is 56.1 Å². The summed E-state index contributed by atoms with van der Waals surface area (Å²) in [5.74, 6) is -8.66. The van der Waals surface area contributed by atoms with Crippen molar-refractivity contribution >= 4 is 26.7 Å². The second kappa shape index (κ2) is 7.35. The number of alkyl halides is 2. The molecule has 0 bridgehead atoms. The highest BCUT2D eigenvalue weighted by atomic mass is 32.2. The highest BCUT2D eigenvalue weighted by Gasteiger charge is 2.45. The van der Waals surface area contributed by atoms with Crippen LogP contribution >= 0.6 is 0 Å². The highest BCUT2D eigenvalue weighted by Crippen LogP contribution is 2.39. The molecule has 1 heterocycles. The van der Waals surface area contributed by atoms with E-state index in [1.807, 2.05) is 0 Å². The van der Waals surface area contributed by atoms with Gasteiger partial charge in [0.25, 0.3) is 10.0 Å². The Bertz CT molecular complexity index is 1410. The van der Waals surface area contributed by atoms with Gasteiger partial charge in [0, 0.05) is 17.6 Å². The van der Waals surface area contributed by atoms with Crippen molar-refractivity contribution in [1.29, 1.82) is 0 Å². The second-order valence-corrected chi connectivity index (χ2v) is 8.52. The summed E-state index contributed by atoms with van der Waals surface area (Å²) in [6.45, 7) is 0. The lowest BCUT2D eigenvalue weighted by Gasteiger charge is -2.15. The number of para-hydroxylation sites is 1. The number of halogens is 4. The van der Waals surface area contributed by atoms with E-state index in [9.17, 15) is 22.0 Å². The van der Waals surface area contributed by atoms with Gasteiger partial charge in [-0.3, -0.25) is 4.79 Å². The number of Topliss-reactive ketones (excluding diaryl/α,β-unsaturated/α-hetero) is 1. The Hall–Kier alpha value is -3.46. The summed E-state index contributed by atoms with van der Waals surface area (Å²) in [6.07, 6.45) is 0.659. The first-order chi connectivity index (χ1) is 14.6. The van der Waals surface area contributed by atoms with Gasteiger partial charge in [0.15, 0.2) is 0 Å². The average molecular weight is 447 g/mol. The van der Waals surface area contributed by atoms with Crippen molar-refractivity contribution in [2.75, 3.05) is 0 Å². The van der Waals surface area contributed by atoms with Crippen LogP contribution in [0.25, 0.3) is 10.9 Å². The summed E-state index contributed by atoms with van der Waals surface area (Å²) in [6, 6.07) is 14.2. The van der Waals surface area contributed by atoms with Crippen molar-refractivity contribution in [2.24, 2.45) is 0 Å². The van der Waals surface area contributed by atoms with E-state index in [0.717, 1.165) is 0 Å². The predicted molar refractivity (Wildman–Crippen MR) is 106 cm³/mol. The van der Waals surface area contributed by atoms with E-state index in [1.165, 1.54) is 48.5 Å². The normalized spacial score (nSPS) is 12.3. The van der Waals surface area contributed by atoms with Crippen LogP contribution < -0.4 is 0 Å². The second-order valence-electron chi connectivity index (χ2n) is 6.70. The quantitative estimate of drug-likeness (QED) is 0.315. The van der Waals surface area contributed by atoms with E-state index < -0.39 is 44.5 Å². The number of benzene rings is 3. The van der Waals surface area contributed by atoms with Crippen molar-refractivity contribution < 1.29 is 30.8 Å². The Balaban J connectivity index is 1.92. The zero-order valence-corrected chi connectivity index (χ0v) is 16.4. The van der Waals surface area contributed by atoms with Crippen LogP contribution in [0.15, 0.2) is 83.9 Å². The van der Waals surface area contributed by atoms with Gasteiger partial charge < -0.3 is 0 Å². The zero-order valence-electron chi connectivity index (χ0n) is 15.6. The Morgan fingerprint density at radius 3 is 2.19 bits per heavy atom. The Morgan fingerprint density at radius 2 is 1.52 bits per heavy atom. The van der Waals surface area contributed by atoms with Crippen LogP contribution in [0, 0.1) is 11.6 Å². The average Bonchev–Trinajstić information content (AvgIpc) is 3.15. The number of fused-ring (bicyclic) bond motifs is 1. The SMILES string of the molecule is O=C(c1ccc(F)cc1F)C(F)(F)c1cn(S(=O)(=O)c2ccccc2)c2ccccc12. The summed E-state index contributed by atoms with van der Waals surface area (Å²) in [7, 11) is -4.26. The van der Waals surface area contributed by atoms with Crippen molar-refractivity contribution in [3.63, 3.8) is 0 Å². The predicted octanol–water partition coefficient (Wildman–Crippen LogP) is 5.13. The molecule has 0 N–H and O–H groups in total. The monoisotopic (exact) mass is 447 g/mol. The van der Waals surface area contributed by atoms with Gasteiger partial charge in [-0.05, 0) is 30.3 Å². The lowest BCUT2D eigenvalue weighted by Crippen LogP contribution is -2.27. The number of ketones is 1. The molecule has 3 aromatic carbocycles. The van der Waals surface area contributed by atoms with E-state index >= 15 is 8.78 Å². The van der Waals surface area contributed by atoms with E-state index in [1.54, 1.807) is 6.07 Å². The van der Waals surface area contributed by atoms with Crippen molar-refractivity contribution in [1.82, 2.24) is 3.97 Å². The molecule has 4 aromatic rings. The number of hydrogen-bond donors (Lipinski definition) is 0. The third kappa shape index (κ3) is 3.40. The molecule has 0 fully saturated rings. The standard InChI is InChI=1S/C22H13F4NO3S/c23-14-10-11-17(19(24)12-14)21(28)22(25,26)18-13-27(20-9-5-4-8-16(18)20)31(29,30)15-6-2-1-3-7-15/h1-13H. The Labute approximate surface area is 174 Å². The van der Waals surface area contributed by atoms with E-state index in [0.29, 0.717) is 28.4 Å². The molecular weight excluding hydrogens is 434 g/mol. The molecule has 0 amide bonds. The van der Waals surface area contributed by atoms with Gasteiger partial charge in [0.2, 0.25) is 5.78 Å². The van der Waals surface area contributed by atoms with Gasteiger partial charge in [0.1, 0.15) is 11.6 Å². The van der Waals surface area contributed by atoms with Gasteiger partial charge in [-0.1, -0.05) is 36.4 Å². The van der Waals surface area contributed by atoms with E-state index in [4.69, 9.17) is 0 Å². The zero-order chi connectivity index (χ0) is 22.4. The molecule has 0 aliphatic rings. The van der Waals surface area contributed by atoms with Crippen LogP contribution in [-0.4, -0.2) is 18.2 Å². The molecule has 0 aliphatic carbocycles. The molecule has 9 heteroatoms. The van der Waals surface area contributed by atoms with Crippen LogP contribution in [0.3, 0.4) is 0 Å². The molecule has 0 atom stereocenters. The fourth-order valence-electron chi connectivity index (χ4n) is 3.27. The van der Waals surface area contributed by atoms with Crippen LogP contribution in [0.4, 0.5) is 17.6 Å². The molecule has 4 rings (SSSR count). The lowest BCUT2D eigenvalue weighted by molar-refractivity contribution is 0.00792. The Kier molecular flexibility index (Phi) is 4.93. The molecule has 158 valence electrons. The fourth-order valence-corrected chi connectivity index (χ4v) is 4.66. The summed E-state index contributed by atoms with van der Waals surface area (Å²) < 4.78 is 84.3. The summed E-state index contributed by atoms with van der Waals surface area (Å²) in [5, 5.41) is -0.192. The third-order valence-corrected chi connectivity index (χ3v) is 6.47. The molecule has 0 spiro atoms. The number of hydrogen-bond acceptors (Lipinski definition) is 3. The first-order valence-electron chi connectivity index (χ1n) is 8.93. The number of carbonyl (C=O) groups is 1. The van der Waals surface area contributed by atoms with Gasteiger partial charge in [-0.15, -0.1) is 0 Å². The number of carbonyl (C=O) groups excluding carboxylic acids is 1. The van der Waals surface area contributed by atoms with E-state index in [-0.39, 0.29) is 15.8 Å². The first kappa shape index (κ1) is 20.8. The van der Waals surface area contributed by atoms with Crippen LogP contribution in [0.5, 0.6) is 0 Å². The van der Waals surface area contributed by atoms with Crippen molar-refractivity contribution in [3.8, 4) is 0 Å². The molecule has 1 aromatic heterocycles. The molecule has 0 aliphatic heterocycles. The van der Waals surface area contributed by atoms with E-state index in [2.05, 4.69) is 0 Å². The third-order valence-electron chi connectivity index (χ3n) is 4.78. The maximum atomic E-state index is 15.2. The number of aromatic nitrogens is 1. The maximum absolute atomic E-state index is 15.2. The molecule has 0 saturated heterocycles. The highest BCUT2D eigenvalue weighted by molar-refractivity contribution is 7.90. The van der Waals surface area contributed by atoms with Gasteiger partial charge >= 0.3 is 5.92 Å². The van der Waals surface area contributed by atoms with Crippen molar-refractivity contribution in [2.45, 2.75) is 10.8 Å². The lowest BCUT2D eigenvalue weighted by atomic mass is 9.98. The van der Waals surface area contributed by atoms with Crippen LogP contribution in [0.2, 0.25) is 0 Å². The fraction of sp³-hybridized carbons (Fsp3) is 0.0455. The molecule has 0 unspecified atom stereocenters. The number of rotatable bonds is 5. The minimum atomic E-state index is -4.28. The van der Waals surface area contributed by atoms with Gasteiger partial charge in [-0.25, -0.2) is 21.2 Å². The Morgan fingerprint density at radius 1 is 0.871 bits per heavy atom. The summed E-state index contributed by atoms with van der Waals surface area (Å²) >= 11 is 0. The van der Waals surface area contributed by atoms with Crippen LogP contribution in [0.1, 0.15) is 15.9 Å². The summed E-state index contributed by atoms with van der Waals surface area (Å²) in [5.41, 5.74) is -1.99. The smallest absolute Gasteiger partial charge is 0.287 e. The largest absolute Gasteiger partial charge is 0.337 e. The van der Waals surface area contributed by atoms with Crippen molar-refractivity contribution in [3.05, 3.63) is 102 Å². The van der Waals surface area contributed by atoms with Gasteiger partial charge in [-0.2, -0.15) is 8.78 Å². The minimum Gasteiger partial charge on any atom is -0.287 e. The van der Waals surface area contributed by atoms with Gasteiger partial charge in [0.05, 0.1) is 21.5 Å².